The van der Waals surface area contributed by atoms with Crippen molar-refractivity contribution in [3.63, 3.8) is 0 Å². The molecule has 14 radical (unpaired) electrons. The first-order valence-corrected chi connectivity index (χ1v) is 13.0. The predicted octanol–water partition coefficient (Wildman–Crippen LogP) is 1.27. The zero-order chi connectivity index (χ0) is 29.0. The average molecular weight is 541 g/mol. The van der Waals surface area contributed by atoms with Crippen molar-refractivity contribution in [2.75, 3.05) is 23.3 Å². The number of nitrogens with one attached hydrogen (secondary N) is 1. The molecule has 0 amide bonds. The molecule has 3 heterocycles. The van der Waals surface area contributed by atoms with E-state index in [-0.39, 0.29) is 40.6 Å². The van der Waals surface area contributed by atoms with Gasteiger partial charge in [0.25, 0.3) is 0 Å². The van der Waals surface area contributed by atoms with Gasteiger partial charge in [0.1, 0.15) is 31.6 Å². The van der Waals surface area contributed by atoms with Crippen LogP contribution in [0.5, 0.6) is 11.8 Å². The quantitative estimate of drug-likeness (QED) is 0.431. The van der Waals surface area contributed by atoms with E-state index in [1.54, 1.807) is 6.33 Å². The molecule has 3 aromatic rings. The Bertz CT molecular complexity index is 1370. The molecule has 1 aliphatic carbocycles. The van der Waals surface area contributed by atoms with Gasteiger partial charge in [0, 0.05) is 37.0 Å². The number of aryl methyl sites for hydroxylation is 1. The standard InChI is InChI=1S/C23H20B7ClFN7O/c1-11-6-17(34-10-33-11)38-8-12-2-3-13(9-38)18(12)35-19-36-20(40-14-4-5-16(32)15(31)7-14)39(37-19)21(24,22(25,26)27)23(28,29)30/h4-7,10,12-13,18H,2-3,8-9H2,1H3,(H,35,37)/t12-,13+,18?. The van der Waals surface area contributed by atoms with Crippen LogP contribution in [0, 0.1) is 24.6 Å². The fraction of sp³-hybridized carbons (Fsp3) is 0.478. The normalized spacial score (nSPS) is 21.4. The number of ether oxygens (including phenoxy) is 1. The number of piperidine rings is 1. The lowest BCUT2D eigenvalue weighted by molar-refractivity contribution is 0.317. The Morgan fingerprint density at radius 2 is 1.65 bits per heavy atom. The average Bonchev–Trinajstić information content (AvgIpc) is 3.34. The summed E-state index contributed by atoms with van der Waals surface area (Å²) in [6, 6.07) is 5.43. The van der Waals surface area contributed by atoms with Gasteiger partial charge in [0.2, 0.25) is 5.95 Å². The van der Waals surface area contributed by atoms with Gasteiger partial charge >= 0.3 is 6.01 Å². The molecule has 17 heteroatoms. The van der Waals surface area contributed by atoms with Gasteiger partial charge in [-0.1, -0.05) is 11.6 Å². The summed E-state index contributed by atoms with van der Waals surface area (Å²) >= 11 is 5.93. The molecule has 1 aromatic carbocycles. The number of fused-ring (bicyclic) bond motifs is 2. The van der Waals surface area contributed by atoms with E-state index in [0.29, 0.717) is 0 Å². The van der Waals surface area contributed by atoms with Crippen molar-refractivity contribution in [1.82, 2.24) is 24.7 Å². The summed E-state index contributed by atoms with van der Waals surface area (Å²) in [6.07, 6.45) is 3.56. The number of nitrogens with zero attached hydrogens (tertiary/aromatic N) is 6. The minimum atomic E-state index is -2.32. The van der Waals surface area contributed by atoms with Crippen molar-refractivity contribution in [3.05, 3.63) is 47.1 Å². The molecule has 1 aliphatic heterocycles. The van der Waals surface area contributed by atoms with Crippen LogP contribution in [0.3, 0.4) is 0 Å². The monoisotopic (exact) mass is 541 g/mol. The van der Waals surface area contributed by atoms with Crippen LogP contribution in [-0.4, -0.2) is 98.8 Å². The summed E-state index contributed by atoms with van der Waals surface area (Å²) in [5, 5.41) is 3.08. The summed E-state index contributed by atoms with van der Waals surface area (Å²) in [4.78, 5) is 15.4. The van der Waals surface area contributed by atoms with Gasteiger partial charge in [-0.3, -0.25) is 0 Å². The van der Waals surface area contributed by atoms with Crippen LogP contribution in [0.4, 0.5) is 16.2 Å². The van der Waals surface area contributed by atoms with Gasteiger partial charge in [-0.25, -0.2) is 19.0 Å². The van der Waals surface area contributed by atoms with E-state index in [0.717, 1.165) is 48.2 Å². The second kappa shape index (κ2) is 10.4. The van der Waals surface area contributed by atoms with E-state index in [1.165, 1.54) is 12.1 Å². The molecule has 1 saturated heterocycles. The lowest BCUT2D eigenvalue weighted by Gasteiger charge is -2.54. The number of aromatic nitrogens is 5. The minimum Gasteiger partial charge on any atom is -0.424 e. The zero-order valence-corrected chi connectivity index (χ0v) is 22.6. The van der Waals surface area contributed by atoms with E-state index in [9.17, 15) is 4.39 Å². The maximum Gasteiger partial charge on any atom is 0.321 e. The molecule has 0 spiro atoms. The van der Waals surface area contributed by atoms with Crippen molar-refractivity contribution < 1.29 is 9.13 Å². The molecule has 2 fully saturated rings. The Kier molecular flexibility index (Phi) is 7.55. The molecule has 1 N–H and O–H groups in total. The molecular formula is C23H20B7ClFN7O. The van der Waals surface area contributed by atoms with Crippen LogP contribution in [0.25, 0.3) is 0 Å². The second-order valence-corrected chi connectivity index (χ2v) is 11.0. The summed E-state index contributed by atoms with van der Waals surface area (Å²) in [7, 11) is 42.5. The van der Waals surface area contributed by atoms with Gasteiger partial charge in [-0.15, -0.1) is 15.3 Å². The van der Waals surface area contributed by atoms with Gasteiger partial charge < -0.3 is 15.0 Å². The molecule has 8 nitrogen and oxygen atoms in total. The van der Waals surface area contributed by atoms with Crippen molar-refractivity contribution >= 4 is 78.3 Å². The van der Waals surface area contributed by atoms with E-state index in [4.69, 9.17) is 71.3 Å². The van der Waals surface area contributed by atoms with Crippen molar-refractivity contribution in [2.45, 2.75) is 41.5 Å². The highest BCUT2D eigenvalue weighted by atomic mass is 35.5. The Balaban J connectivity index is 1.47. The van der Waals surface area contributed by atoms with Gasteiger partial charge in [-0.05, 0) is 49.2 Å². The highest BCUT2D eigenvalue weighted by molar-refractivity contribution is 6.68. The summed E-state index contributed by atoms with van der Waals surface area (Å²) < 4.78 is 20.6. The van der Waals surface area contributed by atoms with Gasteiger partial charge in [0.15, 0.2) is 0 Å². The molecule has 40 heavy (non-hydrogen) atoms. The third-order valence-corrected chi connectivity index (χ3v) is 7.86. The summed E-state index contributed by atoms with van der Waals surface area (Å²) in [5.41, 5.74) is -1.42. The Hall–Kier alpha value is -2.49. The highest BCUT2D eigenvalue weighted by Crippen LogP contribution is 2.48. The predicted molar refractivity (Wildman–Crippen MR) is 158 cm³/mol. The fourth-order valence-electron chi connectivity index (χ4n) is 5.45. The van der Waals surface area contributed by atoms with Crippen LogP contribution < -0.4 is 15.0 Å². The molecule has 2 bridgehead atoms. The van der Waals surface area contributed by atoms with E-state index in [2.05, 4.69) is 30.3 Å². The molecule has 1 unspecified atom stereocenters. The number of hydrogen-bond donors (Lipinski definition) is 1. The summed E-state index contributed by atoms with van der Waals surface area (Å²) in [6.45, 7) is 3.49. The second-order valence-electron chi connectivity index (χ2n) is 10.6. The van der Waals surface area contributed by atoms with Crippen LogP contribution in [0.1, 0.15) is 18.5 Å². The number of benzene rings is 1. The number of rotatable bonds is 8. The lowest BCUT2D eigenvalue weighted by atomic mass is 9.18. The highest BCUT2D eigenvalue weighted by Gasteiger charge is 2.48. The molecule has 188 valence electrons. The van der Waals surface area contributed by atoms with Crippen molar-refractivity contribution in [1.29, 1.82) is 0 Å². The Morgan fingerprint density at radius 3 is 2.23 bits per heavy atom. The first-order valence-electron chi connectivity index (χ1n) is 12.6. The third kappa shape index (κ3) is 5.28. The largest absolute Gasteiger partial charge is 0.424 e. The first kappa shape index (κ1) is 29.0. The minimum absolute atomic E-state index is 0.0205. The fourth-order valence-corrected chi connectivity index (χ4v) is 5.62. The Labute approximate surface area is 247 Å². The molecule has 1 saturated carbocycles. The van der Waals surface area contributed by atoms with E-state index in [1.807, 2.05) is 13.0 Å². The Morgan fingerprint density at radius 1 is 1.00 bits per heavy atom. The van der Waals surface area contributed by atoms with Crippen molar-refractivity contribution in [3.8, 4) is 11.8 Å². The van der Waals surface area contributed by atoms with Gasteiger partial charge in [0.05, 0.1) is 52.1 Å². The van der Waals surface area contributed by atoms with Crippen LogP contribution in [0.2, 0.25) is 15.2 Å². The lowest BCUT2D eigenvalue weighted by Crippen LogP contribution is -2.57. The van der Waals surface area contributed by atoms with Crippen molar-refractivity contribution in [2.24, 2.45) is 11.8 Å². The number of anilines is 2. The number of hydrogen-bond acceptors (Lipinski definition) is 7. The maximum absolute atomic E-state index is 13.8. The van der Waals surface area contributed by atoms with E-state index < -0.39 is 21.5 Å². The molecule has 5 rings (SSSR count). The topological polar surface area (TPSA) is 81.0 Å². The van der Waals surface area contributed by atoms with Crippen LogP contribution in [-0.2, 0) is 5.44 Å². The molecule has 2 aromatic heterocycles. The van der Waals surface area contributed by atoms with Crippen LogP contribution >= 0.6 is 11.6 Å². The smallest absolute Gasteiger partial charge is 0.321 e. The summed E-state index contributed by atoms with van der Waals surface area (Å²) in [5.74, 6) is 1.01. The van der Waals surface area contributed by atoms with Gasteiger partial charge in [-0.2, -0.15) is 4.98 Å². The maximum atomic E-state index is 13.8. The first-order chi connectivity index (χ1) is 18.7. The molecule has 3 atom stereocenters. The van der Waals surface area contributed by atoms with E-state index >= 15 is 0 Å². The van der Waals surface area contributed by atoms with Crippen LogP contribution in [0.15, 0.2) is 30.6 Å². The third-order valence-electron chi connectivity index (χ3n) is 7.57. The SMILES string of the molecule is [B]C([B])([B])C([B])(n1nc(NC2[C@@H]3CC[C@H]2CN(c2cc(C)ncn2)C3)nc1Oc1ccc(F)c(Cl)c1)C([B])([B])[B]. The number of halogens is 2. The zero-order valence-electron chi connectivity index (χ0n) is 21.8. The molecular weight excluding hydrogens is 520 g/mol. The molecule has 2 aliphatic rings.